The zero-order valence-electron chi connectivity index (χ0n) is 20.2. The molecule has 0 aliphatic rings. The first-order chi connectivity index (χ1) is 17.9. The normalized spacial score (nSPS) is 10.8. The number of rotatable bonds is 9. The summed E-state index contributed by atoms with van der Waals surface area (Å²) in [6.07, 6.45) is 0. The number of hydrogen-bond acceptors (Lipinski definition) is 2. The Hall–Kier alpha value is -3.80. The van der Waals surface area contributed by atoms with Crippen molar-refractivity contribution in [3.8, 4) is 0 Å². The molecule has 7 heteroatoms. The van der Waals surface area contributed by atoms with Gasteiger partial charge in [-0.15, -0.1) is 0 Å². The van der Waals surface area contributed by atoms with Crippen molar-refractivity contribution in [2.45, 2.75) is 19.0 Å². The Labute approximate surface area is 227 Å². The van der Waals surface area contributed by atoms with Crippen molar-refractivity contribution >= 4 is 35.1 Å². The van der Waals surface area contributed by atoms with E-state index >= 15 is 0 Å². The Morgan fingerprint density at radius 3 is 1.76 bits per heavy atom. The van der Waals surface area contributed by atoms with Gasteiger partial charge in [-0.3, -0.25) is 4.79 Å². The maximum atomic E-state index is 13.9. The van der Waals surface area contributed by atoms with Crippen LogP contribution in [0, 0.1) is 0 Å². The molecule has 0 spiro atoms. The van der Waals surface area contributed by atoms with Gasteiger partial charge in [0.15, 0.2) is 5.96 Å². The molecule has 0 unspecified atom stereocenters. The molecule has 4 aromatic rings. The molecule has 4 rings (SSSR count). The fourth-order valence-corrected chi connectivity index (χ4v) is 4.79. The van der Waals surface area contributed by atoms with Crippen molar-refractivity contribution in [2.75, 3.05) is 6.54 Å². The van der Waals surface area contributed by atoms with E-state index in [2.05, 4.69) is 29.3 Å². The molecule has 0 heterocycles. The summed E-state index contributed by atoms with van der Waals surface area (Å²) in [4.78, 5) is 19.8. The highest BCUT2D eigenvalue weighted by atomic mass is 35.5. The van der Waals surface area contributed by atoms with Crippen LogP contribution in [0.4, 0.5) is 0 Å². The van der Waals surface area contributed by atoms with Crippen molar-refractivity contribution in [3.05, 3.63) is 141 Å². The summed E-state index contributed by atoms with van der Waals surface area (Å²) in [6, 6.07) is 33.3. The van der Waals surface area contributed by atoms with Gasteiger partial charge in [0.05, 0.1) is 22.2 Å². The number of benzene rings is 4. The fourth-order valence-electron chi connectivity index (χ4n) is 4.23. The van der Waals surface area contributed by atoms with Gasteiger partial charge in [0.1, 0.15) is 0 Å². The second-order valence-corrected chi connectivity index (χ2v) is 9.53. The topological polar surface area (TPSA) is 84.7 Å². The number of nitrogens with two attached hydrogens (primary N) is 2. The van der Waals surface area contributed by atoms with E-state index in [9.17, 15) is 4.79 Å². The Balaban J connectivity index is 1.70. The average molecular weight is 531 g/mol. The Morgan fingerprint density at radius 1 is 0.730 bits per heavy atom. The predicted octanol–water partition coefficient (Wildman–Crippen LogP) is 6.24. The standard InChI is InChI=1S/C30H28Cl2N4O/c31-26-12-7-13-27(32)28(26)29(37)36(19-22-16-14-21(15-17-22)18-35-30(33)34)20-25(23-8-3-1-4-9-23)24-10-5-2-6-11-24/h1-17,25H,18-20H2,(H4,33,34,35). The van der Waals surface area contributed by atoms with Gasteiger partial charge >= 0.3 is 0 Å². The molecule has 188 valence electrons. The molecule has 0 radical (unpaired) electrons. The molecule has 0 fully saturated rings. The first-order valence-corrected chi connectivity index (χ1v) is 12.6. The minimum atomic E-state index is -0.225. The van der Waals surface area contributed by atoms with E-state index in [-0.39, 0.29) is 17.8 Å². The van der Waals surface area contributed by atoms with E-state index in [1.807, 2.05) is 65.6 Å². The number of aliphatic imine (C=N–C) groups is 1. The van der Waals surface area contributed by atoms with Crippen LogP contribution < -0.4 is 11.5 Å². The summed E-state index contributed by atoms with van der Waals surface area (Å²) >= 11 is 12.9. The predicted molar refractivity (Wildman–Crippen MR) is 152 cm³/mol. The third-order valence-electron chi connectivity index (χ3n) is 6.11. The summed E-state index contributed by atoms with van der Waals surface area (Å²) < 4.78 is 0. The van der Waals surface area contributed by atoms with Crippen molar-refractivity contribution in [2.24, 2.45) is 16.5 Å². The van der Waals surface area contributed by atoms with Crippen LogP contribution in [0.2, 0.25) is 10.0 Å². The molecule has 5 nitrogen and oxygen atoms in total. The van der Waals surface area contributed by atoms with Crippen molar-refractivity contribution in [1.82, 2.24) is 4.90 Å². The Bertz CT molecular complexity index is 1300. The third-order valence-corrected chi connectivity index (χ3v) is 6.74. The lowest BCUT2D eigenvalue weighted by atomic mass is 9.90. The van der Waals surface area contributed by atoms with Gasteiger partial charge in [0, 0.05) is 19.0 Å². The summed E-state index contributed by atoms with van der Waals surface area (Å²) in [5.41, 5.74) is 15.4. The molecule has 0 saturated heterocycles. The largest absolute Gasteiger partial charge is 0.370 e. The van der Waals surface area contributed by atoms with Gasteiger partial charge in [-0.1, -0.05) is 114 Å². The molecule has 4 aromatic carbocycles. The Kier molecular flexibility index (Phi) is 8.83. The quantitative estimate of drug-likeness (QED) is 0.198. The van der Waals surface area contributed by atoms with Gasteiger partial charge in [0.2, 0.25) is 0 Å². The first kappa shape index (κ1) is 26.3. The zero-order valence-corrected chi connectivity index (χ0v) is 21.7. The van der Waals surface area contributed by atoms with E-state index in [0.29, 0.717) is 35.2 Å². The van der Waals surface area contributed by atoms with Crippen molar-refractivity contribution in [3.63, 3.8) is 0 Å². The number of hydrogen-bond donors (Lipinski definition) is 2. The van der Waals surface area contributed by atoms with E-state index in [1.54, 1.807) is 18.2 Å². The lowest BCUT2D eigenvalue weighted by Crippen LogP contribution is -2.35. The van der Waals surface area contributed by atoms with E-state index < -0.39 is 0 Å². The fraction of sp³-hybridized carbons (Fsp3) is 0.133. The average Bonchev–Trinajstić information content (AvgIpc) is 2.91. The number of carbonyl (C=O) groups excluding carboxylic acids is 1. The SMILES string of the molecule is NC(N)=NCc1ccc(CN(CC(c2ccccc2)c2ccccc2)C(=O)c2c(Cl)cccc2Cl)cc1. The van der Waals surface area contributed by atoms with Crippen LogP contribution in [-0.2, 0) is 13.1 Å². The molecule has 1 amide bonds. The lowest BCUT2D eigenvalue weighted by Gasteiger charge is -2.29. The molecule has 0 aliphatic carbocycles. The van der Waals surface area contributed by atoms with E-state index in [0.717, 1.165) is 22.3 Å². The number of amides is 1. The Morgan fingerprint density at radius 2 is 1.24 bits per heavy atom. The van der Waals surface area contributed by atoms with Gasteiger partial charge in [-0.05, 0) is 34.4 Å². The highest BCUT2D eigenvalue weighted by molar-refractivity contribution is 6.39. The zero-order chi connectivity index (χ0) is 26.2. The minimum absolute atomic E-state index is 0.0466. The van der Waals surface area contributed by atoms with Gasteiger partial charge in [-0.2, -0.15) is 0 Å². The number of guanidine groups is 1. The molecule has 0 aliphatic heterocycles. The highest BCUT2D eigenvalue weighted by Gasteiger charge is 2.26. The van der Waals surface area contributed by atoms with E-state index in [4.69, 9.17) is 34.7 Å². The highest BCUT2D eigenvalue weighted by Crippen LogP contribution is 2.30. The molecule has 0 atom stereocenters. The summed E-state index contributed by atoms with van der Waals surface area (Å²) in [6.45, 7) is 1.20. The second kappa shape index (κ2) is 12.4. The molecule has 4 N–H and O–H groups in total. The van der Waals surface area contributed by atoms with Crippen LogP contribution in [0.1, 0.15) is 38.5 Å². The smallest absolute Gasteiger partial charge is 0.257 e. The molecular formula is C30H28Cl2N4O. The summed E-state index contributed by atoms with van der Waals surface area (Å²) in [5.74, 6) is -0.226. The number of nitrogens with zero attached hydrogens (tertiary/aromatic N) is 2. The van der Waals surface area contributed by atoms with Crippen LogP contribution >= 0.6 is 23.2 Å². The maximum absolute atomic E-state index is 13.9. The molecule has 0 bridgehead atoms. The molecule has 37 heavy (non-hydrogen) atoms. The van der Waals surface area contributed by atoms with E-state index in [1.165, 1.54) is 0 Å². The van der Waals surface area contributed by atoms with Crippen LogP contribution in [0.15, 0.2) is 108 Å². The van der Waals surface area contributed by atoms with Crippen LogP contribution in [-0.4, -0.2) is 23.3 Å². The molecule has 0 saturated carbocycles. The van der Waals surface area contributed by atoms with Crippen molar-refractivity contribution in [1.29, 1.82) is 0 Å². The summed E-state index contributed by atoms with van der Waals surface area (Å²) in [7, 11) is 0. The monoisotopic (exact) mass is 530 g/mol. The van der Waals surface area contributed by atoms with Crippen LogP contribution in [0.25, 0.3) is 0 Å². The minimum Gasteiger partial charge on any atom is -0.370 e. The maximum Gasteiger partial charge on any atom is 0.257 e. The van der Waals surface area contributed by atoms with Crippen LogP contribution in [0.3, 0.4) is 0 Å². The third kappa shape index (κ3) is 6.91. The molecule has 0 aromatic heterocycles. The summed E-state index contributed by atoms with van der Waals surface area (Å²) in [5, 5.41) is 0.650. The van der Waals surface area contributed by atoms with Gasteiger partial charge in [-0.25, -0.2) is 4.99 Å². The lowest BCUT2D eigenvalue weighted by molar-refractivity contribution is 0.0738. The molecular weight excluding hydrogens is 503 g/mol. The van der Waals surface area contributed by atoms with Gasteiger partial charge in [0.25, 0.3) is 5.91 Å². The van der Waals surface area contributed by atoms with Crippen molar-refractivity contribution < 1.29 is 4.79 Å². The first-order valence-electron chi connectivity index (χ1n) is 11.9. The van der Waals surface area contributed by atoms with Gasteiger partial charge < -0.3 is 16.4 Å². The number of carbonyl (C=O) groups is 1. The van der Waals surface area contributed by atoms with Crippen LogP contribution in [0.5, 0.6) is 0 Å². The number of halogens is 2. The second-order valence-electron chi connectivity index (χ2n) is 8.71.